The van der Waals surface area contributed by atoms with Crippen molar-refractivity contribution in [1.82, 2.24) is 4.98 Å². The number of halogens is 1. The fraction of sp³-hybridized carbons (Fsp3) is 0. The van der Waals surface area contributed by atoms with Gasteiger partial charge >= 0.3 is 0 Å². The number of hydrogen-bond acceptors (Lipinski definition) is 2. The molecule has 4 rings (SSSR count). The highest BCUT2D eigenvalue weighted by atomic mass is 32.1. The standard InChI is InChI=1S/C17H10FNOS/c18-12-5-3-6-13-16(12)11(9-19-13)17(20)15-8-10-4-1-2-7-14(10)21-15/h1-9,19H. The molecule has 0 aliphatic carbocycles. The maximum absolute atomic E-state index is 14.0. The Kier molecular flexibility index (Phi) is 2.65. The Hall–Kier alpha value is -2.46. The molecule has 0 spiro atoms. The van der Waals surface area contributed by atoms with E-state index in [4.69, 9.17) is 0 Å². The zero-order valence-corrected chi connectivity index (χ0v) is 11.7. The van der Waals surface area contributed by atoms with Crippen molar-refractivity contribution < 1.29 is 9.18 Å². The van der Waals surface area contributed by atoms with Gasteiger partial charge in [-0.15, -0.1) is 11.3 Å². The van der Waals surface area contributed by atoms with Gasteiger partial charge in [-0.1, -0.05) is 24.3 Å². The molecule has 0 unspecified atom stereocenters. The smallest absolute Gasteiger partial charge is 0.205 e. The van der Waals surface area contributed by atoms with Crippen molar-refractivity contribution in [2.75, 3.05) is 0 Å². The lowest BCUT2D eigenvalue weighted by atomic mass is 10.1. The van der Waals surface area contributed by atoms with Crippen LogP contribution in [0, 0.1) is 5.82 Å². The second kappa shape index (κ2) is 4.53. The van der Waals surface area contributed by atoms with E-state index in [1.165, 1.54) is 17.4 Å². The highest BCUT2D eigenvalue weighted by Gasteiger charge is 2.18. The maximum atomic E-state index is 14.0. The SMILES string of the molecule is O=C(c1cc2ccccc2s1)c1c[nH]c2cccc(F)c12. The van der Waals surface area contributed by atoms with Gasteiger partial charge in [0.2, 0.25) is 5.78 Å². The van der Waals surface area contributed by atoms with Crippen LogP contribution in [0.4, 0.5) is 4.39 Å². The lowest BCUT2D eigenvalue weighted by molar-refractivity contribution is 0.104. The van der Waals surface area contributed by atoms with E-state index >= 15 is 0 Å². The zero-order chi connectivity index (χ0) is 14.4. The van der Waals surface area contributed by atoms with Crippen molar-refractivity contribution in [2.45, 2.75) is 0 Å². The van der Waals surface area contributed by atoms with Crippen LogP contribution < -0.4 is 0 Å². The summed E-state index contributed by atoms with van der Waals surface area (Å²) in [5, 5.41) is 1.39. The number of fused-ring (bicyclic) bond motifs is 2. The van der Waals surface area contributed by atoms with Crippen molar-refractivity contribution in [3.63, 3.8) is 0 Å². The Labute approximate surface area is 123 Å². The molecule has 21 heavy (non-hydrogen) atoms. The molecule has 2 heterocycles. The van der Waals surface area contributed by atoms with Gasteiger partial charge in [0.25, 0.3) is 0 Å². The summed E-state index contributed by atoms with van der Waals surface area (Å²) >= 11 is 1.43. The molecule has 1 N–H and O–H groups in total. The minimum atomic E-state index is -0.377. The first-order chi connectivity index (χ1) is 10.2. The van der Waals surface area contributed by atoms with Crippen LogP contribution in [0.25, 0.3) is 21.0 Å². The number of thiophene rings is 1. The van der Waals surface area contributed by atoms with E-state index in [2.05, 4.69) is 4.98 Å². The van der Waals surface area contributed by atoms with Crippen LogP contribution in [-0.4, -0.2) is 10.8 Å². The third kappa shape index (κ3) is 1.87. The third-order valence-corrected chi connectivity index (χ3v) is 4.66. The zero-order valence-electron chi connectivity index (χ0n) is 10.9. The number of nitrogens with one attached hydrogen (secondary N) is 1. The van der Waals surface area contributed by atoms with E-state index in [-0.39, 0.29) is 11.6 Å². The molecule has 4 heteroatoms. The first-order valence-electron chi connectivity index (χ1n) is 6.53. The monoisotopic (exact) mass is 295 g/mol. The van der Waals surface area contributed by atoms with Gasteiger partial charge in [-0.3, -0.25) is 4.79 Å². The molecule has 0 bridgehead atoms. The van der Waals surface area contributed by atoms with Crippen LogP contribution in [0.5, 0.6) is 0 Å². The molecule has 0 atom stereocenters. The van der Waals surface area contributed by atoms with Crippen LogP contribution in [0.2, 0.25) is 0 Å². The molecule has 2 aromatic carbocycles. The summed E-state index contributed by atoms with van der Waals surface area (Å²) in [6.07, 6.45) is 1.58. The van der Waals surface area contributed by atoms with Crippen molar-refractivity contribution in [3.8, 4) is 0 Å². The Bertz CT molecular complexity index is 950. The van der Waals surface area contributed by atoms with Crippen LogP contribution in [0.15, 0.2) is 54.7 Å². The van der Waals surface area contributed by atoms with E-state index in [9.17, 15) is 9.18 Å². The summed E-state index contributed by atoms with van der Waals surface area (Å²) in [5.41, 5.74) is 1.02. The minimum Gasteiger partial charge on any atom is -0.360 e. The van der Waals surface area contributed by atoms with Crippen molar-refractivity contribution in [3.05, 3.63) is 71.0 Å². The number of hydrogen-bond donors (Lipinski definition) is 1. The second-order valence-corrected chi connectivity index (χ2v) is 5.93. The topological polar surface area (TPSA) is 32.9 Å². The first kappa shape index (κ1) is 12.3. The number of ketones is 1. The fourth-order valence-corrected chi connectivity index (χ4v) is 3.56. The third-order valence-electron chi connectivity index (χ3n) is 3.55. The van der Waals surface area contributed by atoms with Crippen molar-refractivity contribution in [2.24, 2.45) is 0 Å². The molecule has 2 nitrogen and oxygen atoms in total. The molecule has 4 aromatic rings. The van der Waals surface area contributed by atoms with Gasteiger partial charge in [0, 0.05) is 21.8 Å². The van der Waals surface area contributed by atoms with Gasteiger partial charge in [0.05, 0.1) is 10.4 Å². The Balaban J connectivity index is 1.90. The highest BCUT2D eigenvalue weighted by molar-refractivity contribution is 7.21. The molecule has 0 aliphatic heterocycles. The number of carbonyl (C=O) groups is 1. The second-order valence-electron chi connectivity index (χ2n) is 4.84. The molecule has 0 amide bonds. The molecule has 0 fully saturated rings. The summed E-state index contributed by atoms with van der Waals surface area (Å²) in [6.45, 7) is 0. The highest BCUT2D eigenvalue weighted by Crippen LogP contribution is 2.30. The molecular weight excluding hydrogens is 285 g/mol. The van der Waals surface area contributed by atoms with Crippen LogP contribution in [-0.2, 0) is 0 Å². The average molecular weight is 295 g/mol. The fourth-order valence-electron chi connectivity index (χ4n) is 2.55. The summed E-state index contributed by atoms with van der Waals surface area (Å²) in [4.78, 5) is 16.2. The van der Waals surface area contributed by atoms with Crippen LogP contribution in [0.3, 0.4) is 0 Å². The minimum absolute atomic E-state index is 0.146. The van der Waals surface area contributed by atoms with Crippen molar-refractivity contribution >= 4 is 38.1 Å². The van der Waals surface area contributed by atoms with Gasteiger partial charge in [-0.05, 0) is 29.7 Å². The summed E-state index contributed by atoms with van der Waals surface area (Å²) in [5.74, 6) is -0.522. The van der Waals surface area contributed by atoms with E-state index in [1.807, 2.05) is 30.3 Å². The largest absolute Gasteiger partial charge is 0.360 e. The Morgan fingerprint density at radius 2 is 1.95 bits per heavy atom. The summed E-state index contributed by atoms with van der Waals surface area (Å²) in [7, 11) is 0. The normalized spacial score (nSPS) is 11.3. The van der Waals surface area contributed by atoms with Gasteiger partial charge in [0.1, 0.15) is 5.82 Å². The predicted molar refractivity (Wildman–Crippen MR) is 83.5 cm³/mol. The molecule has 102 valence electrons. The maximum Gasteiger partial charge on any atom is 0.205 e. The van der Waals surface area contributed by atoms with E-state index in [0.29, 0.717) is 21.3 Å². The number of rotatable bonds is 2. The number of aromatic nitrogens is 1. The van der Waals surface area contributed by atoms with E-state index in [0.717, 1.165) is 10.1 Å². The summed E-state index contributed by atoms with van der Waals surface area (Å²) < 4.78 is 15.0. The number of benzene rings is 2. The van der Waals surface area contributed by atoms with Gasteiger partial charge in [-0.2, -0.15) is 0 Å². The number of carbonyl (C=O) groups excluding carboxylic acids is 1. The number of H-pyrrole nitrogens is 1. The van der Waals surface area contributed by atoms with Gasteiger partial charge in [-0.25, -0.2) is 4.39 Å². The molecule has 2 aromatic heterocycles. The quantitative estimate of drug-likeness (QED) is 0.532. The first-order valence-corrected chi connectivity index (χ1v) is 7.34. The lowest BCUT2D eigenvalue weighted by Gasteiger charge is -1.97. The Morgan fingerprint density at radius 3 is 2.81 bits per heavy atom. The van der Waals surface area contributed by atoms with Gasteiger partial charge in [0.15, 0.2) is 0 Å². The Morgan fingerprint density at radius 1 is 1.10 bits per heavy atom. The van der Waals surface area contributed by atoms with Crippen molar-refractivity contribution in [1.29, 1.82) is 0 Å². The average Bonchev–Trinajstić information content (AvgIpc) is 3.11. The molecular formula is C17H10FNOS. The predicted octanol–water partition coefficient (Wildman–Crippen LogP) is 4.75. The lowest BCUT2D eigenvalue weighted by Crippen LogP contribution is -1.97. The molecule has 0 radical (unpaired) electrons. The van der Waals surface area contributed by atoms with Crippen LogP contribution >= 0.6 is 11.3 Å². The molecule has 0 aliphatic rings. The molecule has 0 saturated heterocycles. The van der Waals surface area contributed by atoms with Crippen LogP contribution in [0.1, 0.15) is 15.2 Å². The van der Waals surface area contributed by atoms with E-state index in [1.54, 1.807) is 18.3 Å². The number of aromatic amines is 1. The molecule has 0 saturated carbocycles. The van der Waals surface area contributed by atoms with E-state index < -0.39 is 0 Å². The van der Waals surface area contributed by atoms with Gasteiger partial charge < -0.3 is 4.98 Å². The summed E-state index contributed by atoms with van der Waals surface area (Å²) in [6, 6.07) is 14.5.